The van der Waals surface area contributed by atoms with Crippen LogP contribution < -0.4 is 0 Å². The number of carbonyl (C=O) groups excluding carboxylic acids is 1. The van der Waals surface area contributed by atoms with Crippen molar-refractivity contribution in [3.63, 3.8) is 0 Å². The Labute approximate surface area is 110 Å². The SMILES string of the molecule is CN(CCc1ccccc1Br)C(=O)CCCl. The van der Waals surface area contributed by atoms with Crippen LogP contribution in [0.3, 0.4) is 0 Å². The Balaban J connectivity index is 2.46. The van der Waals surface area contributed by atoms with Crippen molar-refractivity contribution >= 4 is 33.4 Å². The minimum Gasteiger partial charge on any atom is -0.345 e. The van der Waals surface area contributed by atoms with Gasteiger partial charge < -0.3 is 4.90 Å². The van der Waals surface area contributed by atoms with Gasteiger partial charge in [0.25, 0.3) is 0 Å². The molecular formula is C12H15BrClNO. The number of carbonyl (C=O) groups is 1. The van der Waals surface area contributed by atoms with E-state index in [4.69, 9.17) is 11.6 Å². The molecule has 1 aromatic carbocycles. The highest BCUT2D eigenvalue weighted by Gasteiger charge is 2.08. The Morgan fingerprint density at radius 2 is 2.12 bits per heavy atom. The summed E-state index contributed by atoms with van der Waals surface area (Å²) in [6.07, 6.45) is 1.26. The molecule has 0 bridgehead atoms. The second-order valence-corrected chi connectivity index (χ2v) is 4.83. The highest BCUT2D eigenvalue weighted by molar-refractivity contribution is 9.10. The molecular weight excluding hydrogens is 289 g/mol. The lowest BCUT2D eigenvalue weighted by molar-refractivity contribution is -0.129. The van der Waals surface area contributed by atoms with Gasteiger partial charge in [-0.25, -0.2) is 0 Å². The first-order valence-electron chi connectivity index (χ1n) is 5.18. The van der Waals surface area contributed by atoms with Gasteiger partial charge >= 0.3 is 0 Å². The van der Waals surface area contributed by atoms with Crippen LogP contribution in [0.4, 0.5) is 0 Å². The molecule has 0 atom stereocenters. The molecule has 2 nitrogen and oxygen atoms in total. The fourth-order valence-electron chi connectivity index (χ4n) is 1.39. The van der Waals surface area contributed by atoms with E-state index >= 15 is 0 Å². The average molecular weight is 305 g/mol. The largest absolute Gasteiger partial charge is 0.345 e. The summed E-state index contributed by atoms with van der Waals surface area (Å²) in [7, 11) is 1.81. The smallest absolute Gasteiger partial charge is 0.223 e. The molecule has 0 aliphatic heterocycles. The second-order valence-electron chi connectivity index (χ2n) is 3.60. The zero-order valence-electron chi connectivity index (χ0n) is 9.25. The maximum Gasteiger partial charge on any atom is 0.223 e. The molecule has 0 aromatic heterocycles. The van der Waals surface area contributed by atoms with Gasteiger partial charge in [-0.3, -0.25) is 4.79 Å². The first-order chi connectivity index (χ1) is 7.65. The highest BCUT2D eigenvalue weighted by Crippen LogP contribution is 2.16. The summed E-state index contributed by atoms with van der Waals surface area (Å²) >= 11 is 9.02. The zero-order valence-corrected chi connectivity index (χ0v) is 11.6. The number of nitrogens with zero attached hydrogens (tertiary/aromatic N) is 1. The van der Waals surface area contributed by atoms with Crippen molar-refractivity contribution < 1.29 is 4.79 Å². The van der Waals surface area contributed by atoms with Crippen LogP contribution in [0.2, 0.25) is 0 Å². The fraction of sp³-hybridized carbons (Fsp3) is 0.417. The fourth-order valence-corrected chi connectivity index (χ4v) is 2.03. The number of hydrogen-bond acceptors (Lipinski definition) is 1. The molecule has 0 heterocycles. The molecule has 88 valence electrons. The molecule has 1 aromatic rings. The van der Waals surface area contributed by atoms with Crippen molar-refractivity contribution in [1.29, 1.82) is 0 Å². The van der Waals surface area contributed by atoms with Gasteiger partial charge in [0.2, 0.25) is 5.91 Å². The molecule has 4 heteroatoms. The maximum absolute atomic E-state index is 11.5. The van der Waals surface area contributed by atoms with Crippen LogP contribution in [0, 0.1) is 0 Å². The predicted molar refractivity (Wildman–Crippen MR) is 70.8 cm³/mol. The summed E-state index contributed by atoms with van der Waals surface area (Å²) < 4.78 is 1.09. The van der Waals surface area contributed by atoms with Gasteiger partial charge in [-0.05, 0) is 18.1 Å². The summed E-state index contributed by atoms with van der Waals surface area (Å²) in [6.45, 7) is 0.721. The van der Waals surface area contributed by atoms with E-state index in [9.17, 15) is 4.79 Å². The van der Waals surface area contributed by atoms with Crippen molar-refractivity contribution in [2.45, 2.75) is 12.8 Å². The van der Waals surface area contributed by atoms with Gasteiger partial charge in [0.15, 0.2) is 0 Å². The van der Waals surface area contributed by atoms with E-state index in [1.54, 1.807) is 4.90 Å². The van der Waals surface area contributed by atoms with E-state index in [2.05, 4.69) is 22.0 Å². The molecule has 0 unspecified atom stereocenters. The minimum atomic E-state index is 0.0991. The molecule has 0 fully saturated rings. The number of rotatable bonds is 5. The lowest BCUT2D eigenvalue weighted by Gasteiger charge is -2.16. The van der Waals surface area contributed by atoms with Crippen molar-refractivity contribution in [3.05, 3.63) is 34.3 Å². The Morgan fingerprint density at radius 3 is 2.75 bits per heavy atom. The number of hydrogen-bond donors (Lipinski definition) is 0. The summed E-state index contributed by atoms with van der Waals surface area (Å²) in [6, 6.07) is 8.05. The van der Waals surface area contributed by atoms with Gasteiger partial charge in [0.05, 0.1) is 0 Å². The molecule has 0 radical (unpaired) electrons. The Kier molecular flexibility index (Phi) is 5.85. The van der Waals surface area contributed by atoms with E-state index in [-0.39, 0.29) is 5.91 Å². The number of likely N-dealkylation sites (N-methyl/N-ethyl adjacent to an activating group) is 1. The Hall–Kier alpha value is -0.540. The number of halogens is 2. The first-order valence-corrected chi connectivity index (χ1v) is 6.51. The first kappa shape index (κ1) is 13.5. The molecule has 0 aliphatic carbocycles. The number of alkyl halides is 1. The molecule has 0 spiro atoms. The Bertz CT molecular complexity index is 357. The van der Waals surface area contributed by atoms with E-state index in [1.807, 2.05) is 25.2 Å². The van der Waals surface area contributed by atoms with E-state index in [1.165, 1.54) is 5.56 Å². The van der Waals surface area contributed by atoms with Crippen LogP contribution in [0.15, 0.2) is 28.7 Å². The summed E-state index contributed by atoms with van der Waals surface area (Å²) in [5.74, 6) is 0.486. The van der Waals surface area contributed by atoms with E-state index < -0.39 is 0 Å². The predicted octanol–water partition coefficient (Wildman–Crippen LogP) is 3.08. The van der Waals surface area contributed by atoms with Crippen LogP contribution in [-0.4, -0.2) is 30.3 Å². The maximum atomic E-state index is 11.5. The zero-order chi connectivity index (χ0) is 12.0. The van der Waals surface area contributed by atoms with E-state index in [0.717, 1.165) is 17.4 Å². The quantitative estimate of drug-likeness (QED) is 0.766. The Morgan fingerprint density at radius 1 is 1.44 bits per heavy atom. The molecule has 16 heavy (non-hydrogen) atoms. The van der Waals surface area contributed by atoms with Crippen molar-refractivity contribution in [1.82, 2.24) is 4.90 Å². The normalized spacial score (nSPS) is 10.2. The van der Waals surface area contributed by atoms with Crippen LogP contribution in [0.25, 0.3) is 0 Å². The molecule has 1 rings (SSSR count). The minimum absolute atomic E-state index is 0.0991. The molecule has 0 saturated carbocycles. The van der Waals surface area contributed by atoms with Gasteiger partial charge in [-0.15, -0.1) is 11.6 Å². The van der Waals surface area contributed by atoms with Crippen molar-refractivity contribution in [3.8, 4) is 0 Å². The lowest BCUT2D eigenvalue weighted by Crippen LogP contribution is -2.28. The number of amides is 1. The summed E-state index contributed by atoms with van der Waals surface area (Å²) in [4.78, 5) is 13.2. The van der Waals surface area contributed by atoms with Gasteiger partial charge in [0.1, 0.15) is 0 Å². The van der Waals surface area contributed by atoms with Crippen LogP contribution in [0.1, 0.15) is 12.0 Å². The molecule has 0 aliphatic rings. The van der Waals surface area contributed by atoms with Gasteiger partial charge in [0, 0.05) is 30.4 Å². The summed E-state index contributed by atoms with van der Waals surface area (Å²) in [5, 5.41) is 0. The molecule has 0 saturated heterocycles. The molecule has 0 N–H and O–H groups in total. The highest BCUT2D eigenvalue weighted by atomic mass is 79.9. The third kappa shape index (κ3) is 4.14. The van der Waals surface area contributed by atoms with Gasteiger partial charge in [-0.2, -0.15) is 0 Å². The van der Waals surface area contributed by atoms with Crippen molar-refractivity contribution in [2.24, 2.45) is 0 Å². The van der Waals surface area contributed by atoms with E-state index in [0.29, 0.717) is 12.3 Å². The summed E-state index contributed by atoms with van der Waals surface area (Å²) in [5.41, 5.74) is 1.22. The van der Waals surface area contributed by atoms with Crippen molar-refractivity contribution in [2.75, 3.05) is 19.5 Å². The van der Waals surface area contributed by atoms with Crippen LogP contribution >= 0.6 is 27.5 Å². The van der Waals surface area contributed by atoms with Gasteiger partial charge in [-0.1, -0.05) is 34.1 Å². The average Bonchev–Trinajstić information content (AvgIpc) is 2.28. The van der Waals surface area contributed by atoms with Crippen LogP contribution in [-0.2, 0) is 11.2 Å². The second kappa shape index (κ2) is 6.92. The third-order valence-electron chi connectivity index (χ3n) is 2.41. The third-order valence-corrected chi connectivity index (χ3v) is 3.37. The molecule has 1 amide bonds. The standard InChI is InChI=1S/C12H15BrClNO/c1-15(12(16)6-8-14)9-7-10-4-2-3-5-11(10)13/h2-5H,6-9H2,1H3. The van der Waals surface area contributed by atoms with Crippen LogP contribution in [0.5, 0.6) is 0 Å². The lowest BCUT2D eigenvalue weighted by atomic mass is 10.1. The topological polar surface area (TPSA) is 20.3 Å². The monoisotopic (exact) mass is 303 g/mol. The number of benzene rings is 1.